The van der Waals surface area contributed by atoms with E-state index in [1.165, 1.54) is 0 Å². The van der Waals surface area contributed by atoms with Crippen LogP contribution in [0.5, 0.6) is 5.75 Å². The van der Waals surface area contributed by atoms with Crippen LogP contribution in [0.25, 0.3) is 5.65 Å². The minimum absolute atomic E-state index is 0.100. The minimum Gasteiger partial charge on any atom is -0.485 e. The molecule has 26 heavy (non-hydrogen) atoms. The molecule has 1 aromatic carbocycles. The predicted octanol–water partition coefficient (Wildman–Crippen LogP) is 4.06. The smallest absolute Gasteiger partial charge is 0.253 e. The largest absolute Gasteiger partial charge is 0.485 e. The van der Waals surface area contributed by atoms with E-state index >= 15 is 0 Å². The molecular weight excluding hydrogens is 326 g/mol. The zero-order valence-corrected chi connectivity index (χ0v) is 15.7. The van der Waals surface area contributed by atoms with Crippen molar-refractivity contribution in [3.8, 4) is 5.75 Å². The van der Waals surface area contributed by atoms with Crippen LogP contribution in [0.1, 0.15) is 47.6 Å². The van der Waals surface area contributed by atoms with Crippen molar-refractivity contribution in [3.05, 3.63) is 65.1 Å². The summed E-state index contributed by atoms with van der Waals surface area (Å²) in [5.41, 5.74) is 4.30. The van der Waals surface area contributed by atoms with Crippen LogP contribution in [0.15, 0.2) is 42.6 Å². The fourth-order valence-electron chi connectivity index (χ4n) is 2.72. The van der Waals surface area contributed by atoms with Crippen LogP contribution in [0, 0.1) is 13.8 Å². The standard InChI is InChI=1S/C21H25N3O2/c1-5-14(2)22-21(25)18-11-19(26-13-17-9-7-6-8-10-17)20-23-15(3)16(4)24(20)12-18/h6-12,14H,5,13H2,1-4H3,(H,22,25). The second-order valence-electron chi connectivity index (χ2n) is 6.63. The number of pyridine rings is 1. The third-order valence-corrected chi connectivity index (χ3v) is 4.65. The predicted molar refractivity (Wildman–Crippen MR) is 103 cm³/mol. The van der Waals surface area contributed by atoms with Crippen molar-refractivity contribution in [2.75, 3.05) is 0 Å². The Balaban J connectivity index is 1.97. The maximum atomic E-state index is 12.6. The molecule has 0 fully saturated rings. The van der Waals surface area contributed by atoms with E-state index in [-0.39, 0.29) is 11.9 Å². The first-order valence-corrected chi connectivity index (χ1v) is 8.96. The number of amides is 1. The van der Waals surface area contributed by atoms with Gasteiger partial charge in [0.2, 0.25) is 0 Å². The van der Waals surface area contributed by atoms with Gasteiger partial charge in [-0.05, 0) is 38.8 Å². The lowest BCUT2D eigenvalue weighted by Crippen LogP contribution is -2.32. The van der Waals surface area contributed by atoms with Crippen molar-refractivity contribution in [1.82, 2.24) is 14.7 Å². The van der Waals surface area contributed by atoms with Crippen molar-refractivity contribution in [3.63, 3.8) is 0 Å². The lowest BCUT2D eigenvalue weighted by molar-refractivity contribution is 0.0938. The van der Waals surface area contributed by atoms with Crippen LogP contribution < -0.4 is 10.1 Å². The lowest BCUT2D eigenvalue weighted by atomic mass is 10.2. The molecule has 0 aliphatic carbocycles. The van der Waals surface area contributed by atoms with Gasteiger partial charge >= 0.3 is 0 Å². The summed E-state index contributed by atoms with van der Waals surface area (Å²) in [4.78, 5) is 17.2. The van der Waals surface area contributed by atoms with E-state index in [1.54, 1.807) is 6.07 Å². The maximum Gasteiger partial charge on any atom is 0.253 e. The molecule has 0 aliphatic rings. The number of aromatic nitrogens is 2. The number of nitrogens with zero attached hydrogens (tertiary/aromatic N) is 2. The quantitative estimate of drug-likeness (QED) is 0.729. The Bertz CT molecular complexity index is 916. The summed E-state index contributed by atoms with van der Waals surface area (Å²) in [6.45, 7) is 8.43. The van der Waals surface area contributed by atoms with E-state index < -0.39 is 0 Å². The highest BCUT2D eigenvalue weighted by atomic mass is 16.5. The molecule has 5 nitrogen and oxygen atoms in total. The molecule has 136 valence electrons. The van der Waals surface area contributed by atoms with Crippen molar-refractivity contribution >= 4 is 11.6 Å². The number of benzene rings is 1. The zero-order chi connectivity index (χ0) is 18.7. The third-order valence-electron chi connectivity index (χ3n) is 4.65. The van der Waals surface area contributed by atoms with Gasteiger partial charge in [0.1, 0.15) is 6.61 Å². The average Bonchev–Trinajstić information content (AvgIpc) is 2.95. The Morgan fingerprint density at radius 2 is 2.00 bits per heavy atom. The average molecular weight is 351 g/mol. The van der Waals surface area contributed by atoms with Crippen LogP contribution in [0.2, 0.25) is 0 Å². The monoisotopic (exact) mass is 351 g/mol. The summed E-state index contributed by atoms with van der Waals surface area (Å²) in [5.74, 6) is 0.512. The van der Waals surface area contributed by atoms with E-state index in [9.17, 15) is 4.79 Å². The summed E-state index contributed by atoms with van der Waals surface area (Å²) in [5, 5.41) is 3.01. The van der Waals surface area contributed by atoms with Crippen LogP contribution in [0.4, 0.5) is 0 Å². The van der Waals surface area contributed by atoms with Gasteiger partial charge in [0.15, 0.2) is 11.4 Å². The van der Waals surface area contributed by atoms with E-state index in [2.05, 4.69) is 10.3 Å². The topological polar surface area (TPSA) is 55.6 Å². The first kappa shape index (κ1) is 18.0. The molecule has 3 rings (SSSR count). The van der Waals surface area contributed by atoms with Crippen molar-refractivity contribution in [2.45, 2.75) is 46.8 Å². The van der Waals surface area contributed by atoms with Crippen molar-refractivity contribution in [1.29, 1.82) is 0 Å². The number of hydrogen-bond donors (Lipinski definition) is 1. The highest BCUT2D eigenvalue weighted by molar-refractivity contribution is 5.95. The highest BCUT2D eigenvalue weighted by Gasteiger charge is 2.16. The molecule has 1 amide bonds. The molecule has 2 aromatic heterocycles. The Labute approximate surface area is 154 Å². The fourth-order valence-corrected chi connectivity index (χ4v) is 2.72. The second kappa shape index (κ2) is 7.60. The van der Waals surface area contributed by atoms with Gasteiger partial charge in [-0.25, -0.2) is 4.98 Å². The Kier molecular flexibility index (Phi) is 5.26. The second-order valence-corrected chi connectivity index (χ2v) is 6.63. The summed E-state index contributed by atoms with van der Waals surface area (Å²) in [7, 11) is 0. The number of carbonyl (C=O) groups excluding carboxylic acids is 1. The molecule has 0 saturated heterocycles. The van der Waals surface area contributed by atoms with E-state index in [1.807, 2.05) is 68.6 Å². The van der Waals surface area contributed by atoms with Gasteiger partial charge in [0.25, 0.3) is 5.91 Å². The summed E-state index contributed by atoms with van der Waals surface area (Å²) < 4.78 is 7.96. The Morgan fingerprint density at radius 3 is 2.69 bits per heavy atom. The normalized spacial score (nSPS) is 12.2. The number of ether oxygens (including phenoxy) is 1. The van der Waals surface area contributed by atoms with Gasteiger partial charge in [0, 0.05) is 17.9 Å². The van der Waals surface area contributed by atoms with Crippen LogP contribution in [-0.4, -0.2) is 21.3 Å². The number of aryl methyl sites for hydroxylation is 2. The number of carbonyl (C=O) groups is 1. The third kappa shape index (κ3) is 3.72. The van der Waals surface area contributed by atoms with E-state index in [0.717, 1.165) is 29.0 Å². The van der Waals surface area contributed by atoms with Crippen LogP contribution >= 0.6 is 0 Å². The molecule has 5 heteroatoms. The number of fused-ring (bicyclic) bond motifs is 1. The zero-order valence-electron chi connectivity index (χ0n) is 15.7. The molecule has 1 unspecified atom stereocenters. The van der Waals surface area contributed by atoms with E-state index in [0.29, 0.717) is 17.9 Å². The molecule has 2 heterocycles. The van der Waals surface area contributed by atoms with Gasteiger partial charge < -0.3 is 14.5 Å². The molecule has 0 spiro atoms. The first-order valence-electron chi connectivity index (χ1n) is 8.96. The molecule has 0 saturated carbocycles. The molecule has 3 aromatic rings. The maximum absolute atomic E-state index is 12.6. The van der Waals surface area contributed by atoms with Gasteiger partial charge in [-0.15, -0.1) is 0 Å². The SMILES string of the molecule is CCC(C)NC(=O)c1cc(OCc2ccccc2)c2nc(C)c(C)n2c1. The van der Waals surface area contributed by atoms with Crippen molar-refractivity contribution < 1.29 is 9.53 Å². The summed E-state index contributed by atoms with van der Waals surface area (Å²) in [6, 6.07) is 11.9. The van der Waals surface area contributed by atoms with Gasteiger partial charge in [-0.2, -0.15) is 0 Å². The summed E-state index contributed by atoms with van der Waals surface area (Å²) in [6.07, 6.45) is 2.71. The van der Waals surface area contributed by atoms with Gasteiger partial charge in [-0.3, -0.25) is 4.79 Å². The molecule has 0 aliphatic heterocycles. The molecule has 1 N–H and O–H groups in total. The fraction of sp³-hybridized carbons (Fsp3) is 0.333. The lowest BCUT2D eigenvalue weighted by Gasteiger charge is -2.14. The molecular formula is C21H25N3O2. The molecule has 0 radical (unpaired) electrons. The van der Waals surface area contributed by atoms with Gasteiger partial charge in [-0.1, -0.05) is 37.3 Å². The Hall–Kier alpha value is -2.82. The number of imidazole rings is 1. The highest BCUT2D eigenvalue weighted by Crippen LogP contribution is 2.25. The summed E-state index contributed by atoms with van der Waals surface area (Å²) >= 11 is 0. The number of rotatable bonds is 6. The number of nitrogens with one attached hydrogen (secondary N) is 1. The minimum atomic E-state index is -0.100. The van der Waals surface area contributed by atoms with E-state index in [4.69, 9.17) is 4.74 Å². The number of hydrogen-bond acceptors (Lipinski definition) is 3. The van der Waals surface area contributed by atoms with Crippen molar-refractivity contribution in [2.24, 2.45) is 0 Å². The Morgan fingerprint density at radius 1 is 1.27 bits per heavy atom. The molecule has 0 bridgehead atoms. The first-order chi connectivity index (χ1) is 12.5. The van der Waals surface area contributed by atoms with Crippen LogP contribution in [0.3, 0.4) is 0 Å². The molecule has 1 atom stereocenters. The van der Waals surface area contributed by atoms with Gasteiger partial charge in [0.05, 0.1) is 11.3 Å². The van der Waals surface area contributed by atoms with Crippen LogP contribution in [-0.2, 0) is 6.61 Å².